The summed E-state index contributed by atoms with van der Waals surface area (Å²) in [7, 11) is 0. The van der Waals surface area contributed by atoms with Gasteiger partial charge in [-0.2, -0.15) is 0 Å². The maximum Gasteiger partial charge on any atom is 0.0599 e. The molecule has 0 bridgehead atoms. The van der Waals surface area contributed by atoms with Crippen LogP contribution in [0.1, 0.15) is 19.8 Å². The largest absolute Gasteiger partial charge is 0.316 e. The van der Waals surface area contributed by atoms with Crippen molar-refractivity contribution in [3.63, 3.8) is 0 Å². The number of hydrogen-bond donors (Lipinski definition) is 1. The van der Waals surface area contributed by atoms with Crippen LogP contribution in [0.15, 0.2) is 0 Å². The summed E-state index contributed by atoms with van der Waals surface area (Å²) in [4.78, 5) is 2.47. The summed E-state index contributed by atoms with van der Waals surface area (Å²) in [5.41, 5.74) is 0. The monoisotopic (exact) mass is 206 g/mol. The van der Waals surface area contributed by atoms with Gasteiger partial charge >= 0.3 is 0 Å². The molecule has 1 saturated heterocycles. The van der Waals surface area contributed by atoms with Gasteiger partial charge in [0.15, 0.2) is 0 Å². The molecular weight excluding hydrogens is 184 g/mol. The maximum atomic E-state index is 5.42. The van der Waals surface area contributed by atoms with E-state index in [-0.39, 0.29) is 0 Å². The van der Waals surface area contributed by atoms with E-state index >= 15 is 0 Å². The van der Waals surface area contributed by atoms with E-state index in [4.69, 9.17) is 6.42 Å². The van der Waals surface area contributed by atoms with Crippen molar-refractivity contribution in [3.05, 3.63) is 0 Å². The summed E-state index contributed by atoms with van der Waals surface area (Å²) < 4.78 is 0. The Morgan fingerprint density at radius 3 is 2.67 bits per heavy atom. The van der Waals surface area contributed by atoms with Crippen LogP contribution in [0.5, 0.6) is 0 Å². The second-order valence-electron chi connectivity index (χ2n) is 5.24. The Morgan fingerprint density at radius 1 is 1.47 bits per heavy atom. The van der Waals surface area contributed by atoms with Crippen LogP contribution in [-0.4, -0.2) is 37.6 Å². The van der Waals surface area contributed by atoms with Crippen LogP contribution in [0.3, 0.4) is 0 Å². The van der Waals surface area contributed by atoms with Crippen molar-refractivity contribution in [1.82, 2.24) is 10.2 Å². The summed E-state index contributed by atoms with van der Waals surface area (Å²) in [6, 6.07) is 0. The first-order valence-electron chi connectivity index (χ1n) is 6.16. The molecular formula is C13H22N2. The highest BCUT2D eigenvalue weighted by molar-refractivity contribution is 4.91. The summed E-state index contributed by atoms with van der Waals surface area (Å²) in [5.74, 6) is 5.41. The molecule has 2 rings (SSSR count). The molecule has 0 aromatic carbocycles. The zero-order valence-corrected chi connectivity index (χ0v) is 9.71. The topological polar surface area (TPSA) is 15.3 Å². The lowest BCUT2D eigenvalue weighted by Crippen LogP contribution is -2.48. The molecule has 0 radical (unpaired) electrons. The molecule has 15 heavy (non-hydrogen) atoms. The fraction of sp³-hybridized carbons (Fsp3) is 0.846. The molecule has 1 N–H and O–H groups in total. The summed E-state index contributed by atoms with van der Waals surface area (Å²) in [6.07, 6.45) is 8.25. The van der Waals surface area contributed by atoms with E-state index in [9.17, 15) is 0 Å². The van der Waals surface area contributed by atoms with E-state index in [0.717, 1.165) is 24.3 Å². The highest BCUT2D eigenvalue weighted by Crippen LogP contribution is 2.30. The summed E-state index contributed by atoms with van der Waals surface area (Å²) in [5, 5.41) is 3.34. The van der Waals surface area contributed by atoms with Gasteiger partial charge in [0.05, 0.1) is 6.54 Å². The predicted octanol–water partition coefficient (Wildman–Crippen LogP) is 1.19. The Hall–Kier alpha value is -0.520. The first kappa shape index (κ1) is 11.0. The molecule has 2 nitrogen and oxygen atoms in total. The smallest absolute Gasteiger partial charge is 0.0599 e. The first-order chi connectivity index (χ1) is 7.29. The van der Waals surface area contributed by atoms with E-state index < -0.39 is 0 Å². The average Bonchev–Trinajstić information content (AvgIpc) is 2.84. The second kappa shape index (κ2) is 5.01. The van der Waals surface area contributed by atoms with Gasteiger partial charge in [-0.3, -0.25) is 4.90 Å². The van der Waals surface area contributed by atoms with Crippen molar-refractivity contribution < 1.29 is 0 Å². The molecule has 84 valence electrons. The Balaban J connectivity index is 1.73. The third-order valence-corrected chi connectivity index (χ3v) is 3.69. The van der Waals surface area contributed by atoms with E-state index in [2.05, 4.69) is 23.1 Å². The lowest BCUT2D eigenvalue weighted by Gasteiger charge is -2.35. The van der Waals surface area contributed by atoms with E-state index in [1.807, 2.05) is 0 Å². The minimum absolute atomic E-state index is 0.790. The zero-order valence-electron chi connectivity index (χ0n) is 9.71. The lowest BCUT2D eigenvalue weighted by molar-refractivity contribution is 0.173. The Kier molecular flexibility index (Phi) is 3.66. The average molecular weight is 206 g/mol. The van der Waals surface area contributed by atoms with Crippen LogP contribution >= 0.6 is 0 Å². The fourth-order valence-electron chi connectivity index (χ4n) is 2.27. The predicted molar refractivity (Wildman–Crippen MR) is 63.5 cm³/mol. The molecule has 0 aromatic heterocycles. The quantitative estimate of drug-likeness (QED) is 0.657. The van der Waals surface area contributed by atoms with Crippen LogP contribution in [0, 0.1) is 30.1 Å². The number of nitrogens with zero attached hydrogens (tertiary/aromatic N) is 1. The number of hydrogen-bond acceptors (Lipinski definition) is 2. The molecule has 2 heteroatoms. The maximum absolute atomic E-state index is 5.42. The molecule has 1 heterocycles. The van der Waals surface area contributed by atoms with Crippen LogP contribution in [0.25, 0.3) is 0 Å². The molecule has 1 unspecified atom stereocenters. The van der Waals surface area contributed by atoms with Crippen molar-refractivity contribution in [2.75, 3.05) is 32.7 Å². The van der Waals surface area contributed by atoms with Gasteiger partial charge in [0.2, 0.25) is 0 Å². The van der Waals surface area contributed by atoms with Crippen LogP contribution in [-0.2, 0) is 0 Å². The standard InChI is InChI=1S/C13H22N2/c1-3-6-15(10-12-4-5-12)9-11(2)13-7-14-8-13/h1,11-14H,4-10H2,2H3. The van der Waals surface area contributed by atoms with Crippen molar-refractivity contribution in [2.45, 2.75) is 19.8 Å². The Bertz CT molecular complexity index is 235. The van der Waals surface area contributed by atoms with Crippen molar-refractivity contribution in [1.29, 1.82) is 0 Å². The number of nitrogens with one attached hydrogen (secondary N) is 1. The zero-order chi connectivity index (χ0) is 10.7. The summed E-state index contributed by atoms with van der Waals surface area (Å²) >= 11 is 0. The van der Waals surface area contributed by atoms with Gasteiger partial charge in [-0.15, -0.1) is 6.42 Å². The third-order valence-electron chi connectivity index (χ3n) is 3.69. The molecule has 1 saturated carbocycles. The fourth-order valence-corrected chi connectivity index (χ4v) is 2.27. The minimum atomic E-state index is 0.790. The molecule has 0 amide bonds. The highest BCUT2D eigenvalue weighted by atomic mass is 15.1. The van der Waals surface area contributed by atoms with E-state index in [1.165, 1.54) is 39.0 Å². The molecule has 1 atom stereocenters. The molecule has 2 fully saturated rings. The van der Waals surface area contributed by atoms with Crippen molar-refractivity contribution >= 4 is 0 Å². The van der Waals surface area contributed by atoms with E-state index in [0.29, 0.717) is 0 Å². The van der Waals surface area contributed by atoms with Crippen molar-refractivity contribution in [2.24, 2.45) is 17.8 Å². The molecule has 2 aliphatic rings. The minimum Gasteiger partial charge on any atom is -0.316 e. The van der Waals surface area contributed by atoms with Gasteiger partial charge in [-0.05, 0) is 43.7 Å². The first-order valence-corrected chi connectivity index (χ1v) is 6.16. The number of terminal acetylenes is 1. The van der Waals surface area contributed by atoms with Crippen LogP contribution < -0.4 is 5.32 Å². The molecule has 1 aliphatic heterocycles. The third kappa shape index (κ3) is 3.22. The number of rotatable bonds is 6. The highest BCUT2D eigenvalue weighted by Gasteiger charge is 2.28. The SMILES string of the molecule is C#CCN(CC1CC1)CC(C)C1CNC1. The van der Waals surface area contributed by atoms with Gasteiger partial charge in [0.1, 0.15) is 0 Å². The van der Waals surface area contributed by atoms with Gasteiger partial charge in [-0.25, -0.2) is 0 Å². The van der Waals surface area contributed by atoms with Gasteiger partial charge in [0, 0.05) is 13.1 Å². The Morgan fingerprint density at radius 2 is 2.20 bits per heavy atom. The van der Waals surface area contributed by atoms with Crippen LogP contribution in [0.2, 0.25) is 0 Å². The summed E-state index contributed by atoms with van der Waals surface area (Å²) in [6.45, 7) is 8.02. The van der Waals surface area contributed by atoms with Gasteiger partial charge in [-0.1, -0.05) is 12.8 Å². The van der Waals surface area contributed by atoms with Crippen LogP contribution in [0.4, 0.5) is 0 Å². The molecule has 1 aliphatic carbocycles. The lowest BCUT2D eigenvalue weighted by atomic mass is 9.88. The molecule has 0 aromatic rings. The second-order valence-corrected chi connectivity index (χ2v) is 5.24. The van der Waals surface area contributed by atoms with E-state index in [1.54, 1.807) is 0 Å². The van der Waals surface area contributed by atoms with Crippen molar-refractivity contribution in [3.8, 4) is 12.3 Å². The normalized spacial score (nSPS) is 23.5. The van der Waals surface area contributed by atoms with Gasteiger partial charge < -0.3 is 5.32 Å². The van der Waals surface area contributed by atoms with Gasteiger partial charge in [0.25, 0.3) is 0 Å². The Labute approximate surface area is 93.4 Å². The molecule has 0 spiro atoms.